The van der Waals surface area contributed by atoms with Gasteiger partial charge in [-0.05, 0) is 69.0 Å². The summed E-state index contributed by atoms with van der Waals surface area (Å²) < 4.78 is 52.9. The van der Waals surface area contributed by atoms with Crippen molar-refractivity contribution in [2.75, 3.05) is 56.8 Å². The Balaban J connectivity index is 1.39. The van der Waals surface area contributed by atoms with Crippen LogP contribution in [0.4, 0.5) is 24.5 Å². The van der Waals surface area contributed by atoms with Crippen molar-refractivity contribution >= 4 is 28.5 Å². The van der Waals surface area contributed by atoms with Crippen LogP contribution < -0.4 is 14.5 Å². The largest absolute Gasteiger partial charge is 0.481 e. The van der Waals surface area contributed by atoms with Crippen LogP contribution in [0.3, 0.4) is 0 Å². The molecule has 1 aliphatic heterocycles. The number of carboxylic acid groups (broad SMARTS) is 1. The van der Waals surface area contributed by atoms with E-state index in [0.29, 0.717) is 61.8 Å². The van der Waals surface area contributed by atoms with Crippen LogP contribution >= 0.6 is 0 Å². The van der Waals surface area contributed by atoms with E-state index >= 15 is 0 Å². The maximum Gasteiger partial charge on any atom is 0.433 e. The van der Waals surface area contributed by atoms with Crippen molar-refractivity contribution in [2.24, 2.45) is 11.3 Å². The summed E-state index contributed by atoms with van der Waals surface area (Å²) in [7, 11) is 3.72. The van der Waals surface area contributed by atoms with Gasteiger partial charge < -0.3 is 29.4 Å². The molecule has 262 valence electrons. The number of aliphatic carboxylic acids is 1. The third-order valence-electron chi connectivity index (χ3n) is 9.82. The molecule has 4 heterocycles. The Bertz CT molecular complexity index is 1760. The number of nitrogens with zero attached hydrogens (tertiary/aromatic N) is 5. The minimum Gasteiger partial charge on any atom is -0.481 e. The fourth-order valence-electron chi connectivity index (χ4n) is 7.34. The van der Waals surface area contributed by atoms with Gasteiger partial charge in [0.25, 0.3) is 0 Å². The minimum atomic E-state index is -4.67. The molecular weight excluding hydrogens is 637 g/mol. The topological polar surface area (TPSA) is 117 Å². The predicted octanol–water partition coefficient (Wildman–Crippen LogP) is 7.44. The molecule has 0 radical (unpaired) electrons. The van der Waals surface area contributed by atoms with Crippen molar-refractivity contribution in [1.82, 2.24) is 19.9 Å². The number of hydrogen-bond donors (Lipinski definition) is 2. The number of rotatable bonds is 11. The first kappa shape index (κ1) is 34.5. The van der Waals surface area contributed by atoms with Crippen molar-refractivity contribution in [1.29, 1.82) is 0 Å². The van der Waals surface area contributed by atoms with Crippen molar-refractivity contribution in [3.63, 3.8) is 0 Å². The summed E-state index contributed by atoms with van der Waals surface area (Å²) in [5, 5.41) is 9.35. The molecule has 0 unspecified atom stereocenters. The number of benzene rings is 1. The van der Waals surface area contributed by atoms with Crippen LogP contribution in [0.2, 0.25) is 0 Å². The van der Waals surface area contributed by atoms with E-state index in [0.717, 1.165) is 48.7 Å². The zero-order valence-electron chi connectivity index (χ0n) is 28.1. The lowest BCUT2D eigenvalue weighted by atomic mass is 9.74. The molecule has 1 saturated carbocycles. The van der Waals surface area contributed by atoms with Crippen molar-refractivity contribution < 1.29 is 32.5 Å². The van der Waals surface area contributed by atoms with E-state index in [4.69, 9.17) is 19.4 Å². The van der Waals surface area contributed by atoms with Crippen molar-refractivity contribution in [3.8, 4) is 28.5 Å². The molecule has 0 bridgehead atoms. The van der Waals surface area contributed by atoms with Gasteiger partial charge >= 0.3 is 12.1 Å². The number of piperidine rings is 1. The summed E-state index contributed by atoms with van der Waals surface area (Å²) >= 11 is 0. The third kappa shape index (κ3) is 7.61. The fraction of sp³-hybridized carbons (Fsp3) is 0.500. The first-order valence-electron chi connectivity index (χ1n) is 16.9. The van der Waals surface area contributed by atoms with E-state index in [2.05, 4.69) is 19.8 Å². The van der Waals surface area contributed by atoms with Gasteiger partial charge in [0.15, 0.2) is 5.65 Å². The van der Waals surface area contributed by atoms with Crippen LogP contribution in [0.5, 0.6) is 5.88 Å². The molecule has 2 fully saturated rings. The SMILES string of the molecule is CCOc1cc(-c2cc(N(C)CC3(COC)CCCCC3)c3[nH]c(-c4ccc(N5CCC(C(=O)O)CC5)cc4)nc3n2)cc(C(F)(F)F)n1. The maximum atomic E-state index is 13.9. The van der Waals surface area contributed by atoms with E-state index in [1.54, 1.807) is 14.0 Å². The quantitative estimate of drug-likeness (QED) is 0.167. The van der Waals surface area contributed by atoms with E-state index in [-0.39, 0.29) is 29.4 Å². The molecule has 1 saturated heterocycles. The van der Waals surface area contributed by atoms with Gasteiger partial charge in [-0.2, -0.15) is 13.2 Å². The van der Waals surface area contributed by atoms with Crippen LogP contribution in [-0.4, -0.2) is 78.0 Å². The first-order chi connectivity index (χ1) is 23.5. The molecule has 0 atom stereocenters. The highest BCUT2D eigenvalue weighted by Gasteiger charge is 2.36. The fourth-order valence-corrected chi connectivity index (χ4v) is 7.34. The number of nitrogens with one attached hydrogen (secondary N) is 1. The molecule has 1 aliphatic carbocycles. The second-order valence-corrected chi connectivity index (χ2v) is 13.3. The summed E-state index contributed by atoms with van der Waals surface area (Å²) in [6.07, 6.45) is 2.01. The summed E-state index contributed by atoms with van der Waals surface area (Å²) in [4.78, 5) is 32.5. The van der Waals surface area contributed by atoms with Gasteiger partial charge in [-0.3, -0.25) is 4.79 Å². The van der Waals surface area contributed by atoms with Gasteiger partial charge in [0.1, 0.15) is 17.0 Å². The molecular formula is C36H43F3N6O4. The summed E-state index contributed by atoms with van der Waals surface area (Å²) in [6.45, 7) is 4.50. The van der Waals surface area contributed by atoms with Crippen LogP contribution in [0.1, 0.15) is 57.6 Å². The average molecular weight is 681 g/mol. The summed E-state index contributed by atoms with van der Waals surface area (Å²) in [5.74, 6) is -0.597. The molecule has 1 aromatic carbocycles. The molecule has 4 aromatic rings. The molecule has 13 heteroatoms. The second-order valence-electron chi connectivity index (χ2n) is 13.3. The number of carbonyl (C=O) groups is 1. The Morgan fingerprint density at radius 3 is 2.39 bits per heavy atom. The van der Waals surface area contributed by atoms with E-state index in [9.17, 15) is 23.1 Å². The number of pyridine rings is 2. The van der Waals surface area contributed by atoms with E-state index in [1.165, 1.54) is 12.5 Å². The molecule has 0 spiro atoms. The third-order valence-corrected chi connectivity index (χ3v) is 9.82. The zero-order chi connectivity index (χ0) is 34.8. The van der Waals surface area contributed by atoms with Crippen LogP contribution in [0.15, 0.2) is 42.5 Å². The van der Waals surface area contributed by atoms with Gasteiger partial charge in [0.05, 0.1) is 30.5 Å². The Morgan fingerprint density at radius 2 is 1.76 bits per heavy atom. The number of aromatic nitrogens is 4. The number of ether oxygens (including phenoxy) is 2. The number of anilines is 2. The van der Waals surface area contributed by atoms with Gasteiger partial charge in [0.2, 0.25) is 5.88 Å². The highest BCUT2D eigenvalue weighted by molar-refractivity contribution is 5.91. The molecule has 49 heavy (non-hydrogen) atoms. The average Bonchev–Trinajstić information content (AvgIpc) is 3.52. The second kappa shape index (κ2) is 14.2. The van der Waals surface area contributed by atoms with Gasteiger partial charge in [0, 0.05) is 62.1 Å². The normalized spacial score (nSPS) is 17.0. The minimum absolute atomic E-state index is 0.0582. The molecule has 10 nitrogen and oxygen atoms in total. The molecule has 0 amide bonds. The summed E-state index contributed by atoms with van der Waals surface area (Å²) in [5.41, 5.74) is 3.09. The Morgan fingerprint density at radius 1 is 1.04 bits per heavy atom. The number of hydrogen-bond acceptors (Lipinski definition) is 8. The number of halogens is 3. The standard InChI is InChI=1S/C36H43F3N6O4/c1-4-49-30-19-25(18-29(41-30)36(37,38)39)27-20-28(44(2)21-35(22-48-3)14-6-5-7-15-35)31-33(40-27)43-32(42-31)23-8-10-26(11-9-23)45-16-12-24(13-17-45)34(46)47/h8-11,18-20,24H,4-7,12-17,21-22H2,1-3H3,(H,46,47)(H,40,42,43). The number of alkyl halides is 3. The van der Waals surface area contributed by atoms with Crippen LogP contribution in [0.25, 0.3) is 33.8 Å². The molecule has 2 N–H and O–H groups in total. The number of fused-ring (bicyclic) bond motifs is 1. The lowest BCUT2D eigenvalue weighted by Gasteiger charge is -2.40. The summed E-state index contributed by atoms with van der Waals surface area (Å²) in [6, 6.07) is 12.2. The Kier molecular flexibility index (Phi) is 10.0. The van der Waals surface area contributed by atoms with Gasteiger partial charge in [-0.15, -0.1) is 0 Å². The molecule has 3 aromatic heterocycles. The van der Waals surface area contributed by atoms with E-state index in [1.807, 2.05) is 37.4 Å². The van der Waals surface area contributed by atoms with E-state index < -0.39 is 17.8 Å². The zero-order valence-corrected chi connectivity index (χ0v) is 28.1. The lowest BCUT2D eigenvalue weighted by Crippen LogP contribution is -2.40. The highest BCUT2D eigenvalue weighted by Crippen LogP contribution is 2.41. The maximum absolute atomic E-state index is 13.9. The van der Waals surface area contributed by atoms with Crippen LogP contribution in [-0.2, 0) is 15.7 Å². The Labute approximate surface area is 283 Å². The molecule has 2 aliphatic rings. The number of methoxy groups -OCH3 is 1. The number of aromatic amines is 1. The van der Waals surface area contributed by atoms with Crippen molar-refractivity contribution in [3.05, 3.63) is 48.2 Å². The molecule has 6 rings (SSSR count). The Hall–Kier alpha value is -4.39. The lowest BCUT2D eigenvalue weighted by molar-refractivity contribution is -0.142. The highest BCUT2D eigenvalue weighted by atomic mass is 19.4. The number of H-pyrrole nitrogens is 1. The predicted molar refractivity (Wildman–Crippen MR) is 182 cm³/mol. The first-order valence-corrected chi connectivity index (χ1v) is 16.9. The monoisotopic (exact) mass is 680 g/mol. The van der Waals surface area contributed by atoms with Gasteiger partial charge in [-0.25, -0.2) is 15.0 Å². The number of imidazole rings is 1. The smallest absolute Gasteiger partial charge is 0.433 e. The van der Waals surface area contributed by atoms with Crippen LogP contribution in [0, 0.1) is 11.3 Å². The van der Waals surface area contributed by atoms with Crippen molar-refractivity contribution in [2.45, 2.75) is 58.0 Å². The number of carboxylic acids is 1. The van der Waals surface area contributed by atoms with Gasteiger partial charge in [-0.1, -0.05) is 19.3 Å².